The van der Waals surface area contributed by atoms with Crippen LogP contribution in [0, 0.1) is 5.92 Å². The van der Waals surface area contributed by atoms with Crippen LogP contribution in [0.1, 0.15) is 65.7 Å². The number of carbonyl (C=O) groups excluding carboxylic acids is 2. The highest BCUT2D eigenvalue weighted by Crippen LogP contribution is 2.42. The number of piperidine rings is 1. The molecule has 152 valence electrons. The molecule has 4 atom stereocenters. The van der Waals surface area contributed by atoms with Crippen molar-refractivity contribution in [1.29, 1.82) is 0 Å². The van der Waals surface area contributed by atoms with Gasteiger partial charge in [-0.1, -0.05) is 12.2 Å². The fraction of sp³-hybridized carbons (Fsp3) is 0.810. The highest BCUT2D eigenvalue weighted by Gasteiger charge is 2.47. The molecule has 1 N–H and O–H groups in total. The molecular formula is C21H34N2O4. The second-order valence-corrected chi connectivity index (χ2v) is 9.14. The van der Waals surface area contributed by atoms with Gasteiger partial charge in [0.2, 0.25) is 0 Å². The van der Waals surface area contributed by atoms with Crippen molar-refractivity contribution in [3.05, 3.63) is 12.2 Å². The summed E-state index contributed by atoms with van der Waals surface area (Å²) in [6, 6.07) is 0.854. The summed E-state index contributed by atoms with van der Waals surface area (Å²) < 4.78 is 10.4. The summed E-state index contributed by atoms with van der Waals surface area (Å²) in [5, 5.41) is 2.79. The highest BCUT2D eigenvalue weighted by atomic mass is 16.6. The smallest absolute Gasteiger partial charge is 0.408 e. The Morgan fingerprint density at radius 2 is 1.81 bits per heavy atom. The van der Waals surface area contributed by atoms with E-state index >= 15 is 0 Å². The fourth-order valence-electron chi connectivity index (χ4n) is 5.04. The minimum atomic E-state index is -0.642. The molecule has 2 fully saturated rings. The third-order valence-corrected chi connectivity index (χ3v) is 6.04. The third kappa shape index (κ3) is 4.84. The van der Waals surface area contributed by atoms with Gasteiger partial charge in [-0.15, -0.1) is 0 Å². The highest BCUT2D eigenvalue weighted by molar-refractivity contribution is 5.81. The molecule has 27 heavy (non-hydrogen) atoms. The van der Waals surface area contributed by atoms with Gasteiger partial charge in [0, 0.05) is 18.1 Å². The Hall–Kier alpha value is -1.56. The second-order valence-electron chi connectivity index (χ2n) is 9.14. The van der Waals surface area contributed by atoms with E-state index in [2.05, 4.69) is 22.4 Å². The predicted molar refractivity (Wildman–Crippen MR) is 103 cm³/mol. The van der Waals surface area contributed by atoms with Crippen LogP contribution in [0.4, 0.5) is 4.79 Å². The molecule has 3 aliphatic rings. The van der Waals surface area contributed by atoms with Gasteiger partial charge in [0.15, 0.2) is 0 Å². The summed E-state index contributed by atoms with van der Waals surface area (Å²) in [4.78, 5) is 27.3. The Labute approximate surface area is 162 Å². The monoisotopic (exact) mass is 378 g/mol. The van der Waals surface area contributed by atoms with Gasteiger partial charge in [0.25, 0.3) is 0 Å². The van der Waals surface area contributed by atoms with E-state index in [0.29, 0.717) is 18.1 Å². The van der Waals surface area contributed by atoms with Crippen LogP contribution in [-0.4, -0.2) is 53.8 Å². The number of nitrogens with zero attached hydrogens (tertiary/aromatic N) is 1. The first-order valence-corrected chi connectivity index (χ1v) is 10.3. The molecule has 6 nitrogen and oxygen atoms in total. The lowest BCUT2D eigenvalue weighted by Crippen LogP contribution is -2.55. The number of esters is 1. The molecule has 2 saturated heterocycles. The molecule has 2 aliphatic heterocycles. The Bertz CT molecular complexity index is 569. The van der Waals surface area contributed by atoms with E-state index < -0.39 is 17.7 Å². The van der Waals surface area contributed by atoms with Crippen LogP contribution >= 0.6 is 0 Å². The SMILES string of the molecule is COC(=O)[C@@H](NC(=O)OC(C)(C)C)C1CC2CCC(C1)N2C1C=CCCC1. The van der Waals surface area contributed by atoms with Crippen LogP contribution in [0.3, 0.4) is 0 Å². The molecular weight excluding hydrogens is 344 g/mol. The van der Waals surface area contributed by atoms with Gasteiger partial charge < -0.3 is 14.8 Å². The topological polar surface area (TPSA) is 67.9 Å². The van der Waals surface area contributed by atoms with Gasteiger partial charge in [0.1, 0.15) is 11.6 Å². The summed E-state index contributed by atoms with van der Waals surface area (Å²) in [6.07, 6.45) is 12.0. The van der Waals surface area contributed by atoms with Gasteiger partial charge in [-0.05, 0) is 71.6 Å². The van der Waals surface area contributed by atoms with Crippen molar-refractivity contribution in [2.24, 2.45) is 5.92 Å². The summed E-state index contributed by atoms with van der Waals surface area (Å²) in [7, 11) is 1.38. The molecule has 3 unspecified atom stereocenters. The van der Waals surface area contributed by atoms with Crippen LogP contribution in [0.2, 0.25) is 0 Å². The van der Waals surface area contributed by atoms with Crippen molar-refractivity contribution < 1.29 is 19.1 Å². The average Bonchev–Trinajstić information content (AvgIpc) is 2.88. The number of carbonyl (C=O) groups is 2. The summed E-state index contributed by atoms with van der Waals surface area (Å²) in [6.45, 7) is 5.45. The molecule has 0 aromatic carbocycles. The number of allylic oxidation sites excluding steroid dienone is 1. The Balaban J connectivity index is 1.68. The molecule has 0 spiro atoms. The molecule has 2 heterocycles. The van der Waals surface area contributed by atoms with E-state index in [-0.39, 0.29) is 11.9 Å². The summed E-state index contributed by atoms with van der Waals surface area (Å²) in [5.74, 6) is -0.289. The lowest BCUT2D eigenvalue weighted by molar-refractivity contribution is -0.145. The van der Waals surface area contributed by atoms with Gasteiger partial charge in [-0.3, -0.25) is 4.90 Å². The number of ether oxygens (including phenoxy) is 2. The largest absolute Gasteiger partial charge is 0.467 e. The van der Waals surface area contributed by atoms with E-state index in [4.69, 9.17) is 9.47 Å². The standard InChI is InChI=1S/C21H34N2O4/c1-21(2,3)27-20(25)22-18(19(24)26-4)14-12-16-10-11-17(13-14)23(16)15-8-6-5-7-9-15/h6,8,14-18H,5,7,9-13H2,1-4H3,(H,22,25)/t14?,15?,16?,17?,18-/m0/s1. The van der Waals surface area contributed by atoms with Crippen LogP contribution in [0.25, 0.3) is 0 Å². The quantitative estimate of drug-likeness (QED) is 0.600. The number of rotatable bonds is 4. The summed E-state index contributed by atoms with van der Waals surface area (Å²) in [5.41, 5.74) is -0.597. The van der Waals surface area contributed by atoms with Crippen molar-refractivity contribution >= 4 is 12.1 Å². The van der Waals surface area contributed by atoms with Crippen LogP contribution in [0.15, 0.2) is 12.2 Å². The predicted octanol–water partition coefficient (Wildman–Crippen LogP) is 3.40. The number of fused-ring (bicyclic) bond motifs is 2. The molecule has 1 amide bonds. The number of amides is 1. The van der Waals surface area contributed by atoms with Crippen molar-refractivity contribution in [2.45, 2.75) is 95.5 Å². The number of hydrogen-bond donors (Lipinski definition) is 1. The van der Waals surface area contributed by atoms with Crippen molar-refractivity contribution in [3.8, 4) is 0 Å². The molecule has 0 aromatic heterocycles. The molecule has 6 heteroatoms. The normalized spacial score (nSPS) is 32.0. The van der Waals surface area contributed by atoms with Crippen LogP contribution in [-0.2, 0) is 14.3 Å². The third-order valence-electron chi connectivity index (χ3n) is 6.04. The Morgan fingerprint density at radius 3 is 2.33 bits per heavy atom. The van der Waals surface area contributed by atoms with Gasteiger partial charge in [-0.25, -0.2) is 9.59 Å². The van der Waals surface area contributed by atoms with E-state index in [9.17, 15) is 9.59 Å². The number of alkyl carbamates (subject to hydrolysis) is 1. The molecule has 0 saturated carbocycles. The fourth-order valence-corrected chi connectivity index (χ4v) is 5.04. The van der Waals surface area contributed by atoms with Gasteiger partial charge in [-0.2, -0.15) is 0 Å². The summed E-state index contributed by atoms with van der Waals surface area (Å²) >= 11 is 0. The van der Waals surface area contributed by atoms with Crippen molar-refractivity contribution in [2.75, 3.05) is 7.11 Å². The van der Waals surface area contributed by atoms with E-state index in [1.807, 2.05) is 20.8 Å². The lowest BCUT2D eigenvalue weighted by Gasteiger charge is -2.45. The van der Waals surface area contributed by atoms with E-state index in [1.54, 1.807) is 0 Å². The van der Waals surface area contributed by atoms with Crippen molar-refractivity contribution in [1.82, 2.24) is 10.2 Å². The van der Waals surface area contributed by atoms with Gasteiger partial charge >= 0.3 is 12.1 Å². The number of methoxy groups -OCH3 is 1. The molecule has 1 aliphatic carbocycles. The Kier molecular flexibility index (Phi) is 6.14. The number of hydrogen-bond acceptors (Lipinski definition) is 5. The minimum absolute atomic E-state index is 0.0892. The van der Waals surface area contributed by atoms with Gasteiger partial charge in [0.05, 0.1) is 7.11 Å². The van der Waals surface area contributed by atoms with Crippen LogP contribution < -0.4 is 5.32 Å². The van der Waals surface area contributed by atoms with E-state index in [1.165, 1.54) is 39.2 Å². The second kappa shape index (κ2) is 8.21. The average molecular weight is 379 g/mol. The molecule has 0 aromatic rings. The zero-order valence-corrected chi connectivity index (χ0v) is 17.1. The first-order valence-electron chi connectivity index (χ1n) is 10.3. The molecule has 2 bridgehead atoms. The zero-order chi connectivity index (χ0) is 19.6. The first-order chi connectivity index (χ1) is 12.8. The lowest BCUT2D eigenvalue weighted by atomic mass is 9.83. The minimum Gasteiger partial charge on any atom is -0.467 e. The van der Waals surface area contributed by atoms with E-state index in [0.717, 1.165) is 12.8 Å². The maximum Gasteiger partial charge on any atom is 0.408 e. The first kappa shape index (κ1) is 20.2. The molecule has 0 radical (unpaired) electrons. The maximum absolute atomic E-state index is 12.4. The van der Waals surface area contributed by atoms with Crippen molar-refractivity contribution in [3.63, 3.8) is 0 Å². The molecule has 3 rings (SSSR count). The van der Waals surface area contributed by atoms with Crippen LogP contribution in [0.5, 0.6) is 0 Å². The number of nitrogens with one attached hydrogen (secondary N) is 1. The Morgan fingerprint density at radius 1 is 1.15 bits per heavy atom. The zero-order valence-electron chi connectivity index (χ0n) is 17.1. The maximum atomic E-state index is 12.4.